The third kappa shape index (κ3) is 2.63. The molecule has 1 N–H and O–H groups in total. The predicted octanol–water partition coefficient (Wildman–Crippen LogP) is 4.59. The molecule has 0 aromatic heterocycles. The van der Waals surface area contributed by atoms with Gasteiger partial charge in [-0.2, -0.15) is 0 Å². The van der Waals surface area contributed by atoms with Crippen LogP contribution in [0, 0.1) is 22.2 Å². The molecule has 3 aliphatic rings. The van der Waals surface area contributed by atoms with Gasteiger partial charge in [-0.3, -0.25) is 0 Å². The van der Waals surface area contributed by atoms with E-state index in [2.05, 4.69) is 20.8 Å². The minimum Gasteiger partial charge on any atom is -0.458 e. The molecule has 0 amide bonds. The summed E-state index contributed by atoms with van der Waals surface area (Å²) in [7, 11) is 0. The zero-order valence-electron chi connectivity index (χ0n) is 15.6. The molecule has 1 aromatic rings. The van der Waals surface area contributed by atoms with Crippen molar-refractivity contribution in [2.45, 2.75) is 71.5 Å². The van der Waals surface area contributed by atoms with Crippen LogP contribution in [-0.4, -0.2) is 23.3 Å². The van der Waals surface area contributed by atoms with Gasteiger partial charge in [-0.15, -0.1) is 0 Å². The van der Waals surface area contributed by atoms with Gasteiger partial charge in [-0.1, -0.05) is 45.4 Å². The zero-order chi connectivity index (χ0) is 17.9. The monoisotopic (exact) mass is 342 g/mol. The lowest BCUT2D eigenvalue weighted by Crippen LogP contribution is -2.52. The number of hydrogen-bond acceptors (Lipinski definition) is 3. The van der Waals surface area contributed by atoms with Crippen molar-refractivity contribution < 1.29 is 14.6 Å². The molecule has 3 saturated carbocycles. The number of aliphatic hydroxyl groups is 1. The smallest absolute Gasteiger partial charge is 0.338 e. The first-order chi connectivity index (χ1) is 11.8. The van der Waals surface area contributed by atoms with E-state index in [0.717, 1.165) is 19.3 Å². The van der Waals surface area contributed by atoms with Crippen LogP contribution in [0.5, 0.6) is 0 Å². The molecule has 0 unspecified atom stereocenters. The van der Waals surface area contributed by atoms with Gasteiger partial charge in [0.1, 0.15) is 6.10 Å². The molecular weight excluding hydrogens is 312 g/mol. The molecular formula is C22H30O3. The fraction of sp³-hybridized carbons (Fsp3) is 0.682. The average Bonchev–Trinajstić information content (AvgIpc) is 2.73. The Morgan fingerprint density at radius 1 is 1.12 bits per heavy atom. The maximum absolute atomic E-state index is 12.6. The molecule has 25 heavy (non-hydrogen) atoms. The largest absolute Gasteiger partial charge is 0.458 e. The van der Waals surface area contributed by atoms with Crippen LogP contribution < -0.4 is 0 Å². The second-order valence-electron chi connectivity index (χ2n) is 9.74. The third-order valence-corrected chi connectivity index (χ3v) is 7.46. The molecule has 5 atom stereocenters. The van der Waals surface area contributed by atoms with Crippen LogP contribution in [0.3, 0.4) is 0 Å². The van der Waals surface area contributed by atoms with E-state index in [1.165, 1.54) is 19.3 Å². The Kier molecular flexibility index (Phi) is 3.81. The number of carbonyl (C=O) groups is 1. The van der Waals surface area contributed by atoms with E-state index in [1.54, 1.807) is 0 Å². The zero-order valence-corrected chi connectivity index (χ0v) is 15.6. The van der Waals surface area contributed by atoms with Gasteiger partial charge in [0.2, 0.25) is 0 Å². The number of fused-ring (bicyclic) bond motifs is 1. The summed E-state index contributed by atoms with van der Waals surface area (Å²) in [6.07, 6.45) is 6.16. The minimum absolute atomic E-state index is 0.125. The number of esters is 1. The number of aliphatic hydroxyl groups excluding tert-OH is 1. The van der Waals surface area contributed by atoms with E-state index in [-0.39, 0.29) is 40.3 Å². The number of ether oxygens (including phenoxy) is 1. The van der Waals surface area contributed by atoms with Gasteiger partial charge in [-0.25, -0.2) is 4.79 Å². The van der Waals surface area contributed by atoms with Gasteiger partial charge in [0, 0.05) is 5.41 Å². The highest BCUT2D eigenvalue weighted by atomic mass is 16.5. The Balaban J connectivity index is 1.62. The van der Waals surface area contributed by atoms with Crippen molar-refractivity contribution in [2.75, 3.05) is 0 Å². The molecule has 1 spiro atoms. The van der Waals surface area contributed by atoms with Gasteiger partial charge in [-0.05, 0) is 61.0 Å². The standard InChI is InChI=1S/C22H30O3/c1-20(2)17(25-19(24)15-8-5-4-6-9-15)13-22-11-7-10-21(3,14-22)12-16(23)18(20)22/h4-6,8-9,16-18,23H,7,10-14H2,1-3H3/t16-,17+,18-,21+,22-/m1/s1. The number of rotatable bonds is 2. The van der Waals surface area contributed by atoms with Crippen molar-refractivity contribution in [1.82, 2.24) is 0 Å². The highest BCUT2D eigenvalue weighted by molar-refractivity contribution is 5.89. The summed E-state index contributed by atoms with van der Waals surface area (Å²) in [5.74, 6) is -0.0104. The molecule has 3 aliphatic carbocycles. The van der Waals surface area contributed by atoms with Crippen LogP contribution in [0.15, 0.2) is 30.3 Å². The summed E-state index contributed by atoms with van der Waals surface area (Å²) < 4.78 is 6.02. The summed E-state index contributed by atoms with van der Waals surface area (Å²) in [6, 6.07) is 9.25. The molecule has 0 radical (unpaired) electrons. The van der Waals surface area contributed by atoms with Crippen molar-refractivity contribution in [1.29, 1.82) is 0 Å². The lowest BCUT2D eigenvalue weighted by molar-refractivity contribution is -0.126. The molecule has 2 bridgehead atoms. The van der Waals surface area contributed by atoms with E-state index in [9.17, 15) is 9.90 Å². The molecule has 0 heterocycles. The van der Waals surface area contributed by atoms with Crippen molar-refractivity contribution in [3.8, 4) is 0 Å². The highest BCUT2D eigenvalue weighted by Gasteiger charge is 2.66. The molecule has 3 heteroatoms. The Bertz CT molecular complexity index is 667. The Morgan fingerprint density at radius 3 is 2.56 bits per heavy atom. The molecule has 136 valence electrons. The summed E-state index contributed by atoms with van der Waals surface area (Å²) in [6.45, 7) is 6.72. The molecule has 0 saturated heterocycles. The molecule has 0 aliphatic heterocycles. The van der Waals surface area contributed by atoms with Crippen LogP contribution in [0.25, 0.3) is 0 Å². The number of hydrogen-bond donors (Lipinski definition) is 1. The fourth-order valence-corrected chi connectivity index (χ4v) is 6.75. The Hall–Kier alpha value is -1.35. The van der Waals surface area contributed by atoms with Crippen molar-refractivity contribution >= 4 is 5.97 Å². The summed E-state index contributed by atoms with van der Waals surface area (Å²) in [5.41, 5.74) is 0.806. The van der Waals surface area contributed by atoms with E-state index in [0.29, 0.717) is 5.56 Å². The first-order valence-electron chi connectivity index (χ1n) is 9.70. The van der Waals surface area contributed by atoms with Gasteiger partial charge in [0.25, 0.3) is 0 Å². The van der Waals surface area contributed by atoms with Crippen LogP contribution in [0.4, 0.5) is 0 Å². The maximum atomic E-state index is 12.6. The van der Waals surface area contributed by atoms with E-state index >= 15 is 0 Å². The van der Waals surface area contributed by atoms with Crippen LogP contribution >= 0.6 is 0 Å². The second-order valence-corrected chi connectivity index (χ2v) is 9.74. The van der Waals surface area contributed by atoms with E-state index in [4.69, 9.17) is 4.74 Å². The topological polar surface area (TPSA) is 46.5 Å². The quantitative estimate of drug-likeness (QED) is 0.800. The SMILES string of the molecule is CC1(C)[C@@H](OC(=O)c2ccccc2)C[C@@]23CCC[C@@](C)(C[C@@H](O)[C@H]12)C3. The third-order valence-electron chi connectivity index (χ3n) is 7.46. The van der Waals surface area contributed by atoms with Crippen molar-refractivity contribution in [3.63, 3.8) is 0 Å². The molecule has 1 aromatic carbocycles. The maximum Gasteiger partial charge on any atom is 0.338 e. The van der Waals surface area contributed by atoms with Crippen LogP contribution in [0.2, 0.25) is 0 Å². The van der Waals surface area contributed by atoms with E-state index < -0.39 is 0 Å². The van der Waals surface area contributed by atoms with Gasteiger partial charge >= 0.3 is 5.97 Å². The minimum atomic E-state index is -0.283. The lowest BCUT2D eigenvalue weighted by Gasteiger charge is -2.56. The number of carbonyl (C=O) groups excluding carboxylic acids is 1. The summed E-state index contributed by atoms with van der Waals surface area (Å²) in [4.78, 5) is 12.6. The molecule has 3 nitrogen and oxygen atoms in total. The van der Waals surface area contributed by atoms with Crippen LogP contribution in [0.1, 0.15) is 69.7 Å². The first-order valence-corrected chi connectivity index (χ1v) is 9.70. The van der Waals surface area contributed by atoms with E-state index in [1.807, 2.05) is 30.3 Å². The lowest BCUT2D eigenvalue weighted by atomic mass is 9.49. The van der Waals surface area contributed by atoms with Crippen molar-refractivity contribution in [3.05, 3.63) is 35.9 Å². The highest BCUT2D eigenvalue weighted by Crippen LogP contribution is 2.69. The van der Waals surface area contributed by atoms with Gasteiger partial charge in [0.15, 0.2) is 0 Å². The van der Waals surface area contributed by atoms with Gasteiger partial charge in [0.05, 0.1) is 11.7 Å². The Morgan fingerprint density at radius 2 is 1.84 bits per heavy atom. The fourth-order valence-electron chi connectivity index (χ4n) is 6.75. The summed E-state index contributed by atoms with van der Waals surface area (Å²) >= 11 is 0. The first kappa shape index (κ1) is 17.1. The molecule has 4 rings (SSSR count). The van der Waals surface area contributed by atoms with Crippen LogP contribution in [-0.2, 0) is 4.74 Å². The average molecular weight is 342 g/mol. The number of benzene rings is 1. The predicted molar refractivity (Wildman–Crippen MR) is 97.2 cm³/mol. The normalized spacial score (nSPS) is 41.8. The van der Waals surface area contributed by atoms with Crippen molar-refractivity contribution in [2.24, 2.45) is 22.2 Å². The summed E-state index contributed by atoms with van der Waals surface area (Å²) in [5, 5.41) is 11.0. The van der Waals surface area contributed by atoms with Gasteiger partial charge < -0.3 is 9.84 Å². The molecule has 3 fully saturated rings. The Labute approximate surface area is 150 Å². The second kappa shape index (κ2) is 5.57.